The lowest BCUT2D eigenvalue weighted by Crippen LogP contribution is -2.22. The number of rotatable bonds is 3. The fourth-order valence-electron chi connectivity index (χ4n) is 1.72. The van der Waals surface area contributed by atoms with Crippen molar-refractivity contribution in [2.45, 2.75) is 26.9 Å². The van der Waals surface area contributed by atoms with E-state index in [9.17, 15) is 4.79 Å². The van der Waals surface area contributed by atoms with Crippen LogP contribution >= 0.6 is 31.9 Å². The van der Waals surface area contributed by atoms with E-state index in [0.717, 1.165) is 22.4 Å². The van der Waals surface area contributed by atoms with Crippen molar-refractivity contribution in [2.24, 2.45) is 0 Å². The second-order valence-corrected chi connectivity index (χ2v) is 5.48. The maximum absolute atomic E-state index is 11.9. The lowest BCUT2D eigenvalue weighted by atomic mass is 10.3. The van der Waals surface area contributed by atoms with Gasteiger partial charge in [-0.15, -0.1) is 0 Å². The fourth-order valence-corrected chi connectivity index (χ4v) is 2.47. The standard InChI is InChI=1S/C11H12Br2N4O/c1-3-17-9(10(13)7(2)15-17)5-16-6-14-4-8(12)11(16)18/h4,6H,3,5H2,1-2H3. The summed E-state index contributed by atoms with van der Waals surface area (Å²) in [6.45, 7) is 5.16. The summed E-state index contributed by atoms with van der Waals surface area (Å²) in [6.07, 6.45) is 3.03. The largest absolute Gasteiger partial charge is 0.292 e. The van der Waals surface area contributed by atoms with E-state index in [1.807, 2.05) is 18.5 Å². The third-order valence-electron chi connectivity index (χ3n) is 2.63. The number of aryl methyl sites for hydroxylation is 2. The first-order valence-electron chi connectivity index (χ1n) is 5.46. The molecule has 0 aliphatic heterocycles. The highest BCUT2D eigenvalue weighted by molar-refractivity contribution is 9.10. The number of hydrogen-bond donors (Lipinski definition) is 0. The molecule has 0 unspecified atom stereocenters. The Morgan fingerprint density at radius 1 is 1.39 bits per heavy atom. The normalized spacial score (nSPS) is 10.9. The second kappa shape index (κ2) is 5.36. The van der Waals surface area contributed by atoms with Gasteiger partial charge in [0.1, 0.15) is 4.47 Å². The van der Waals surface area contributed by atoms with Crippen LogP contribution in [0.3, 0.4) is 0 Å². The van der Waals surface area contributed by atoms with Gasteiger partial charge in [0.15, 0.2) is 0 Å². The average molecular weight is 376 g/mol. The number of halogens is 2. The van der Waals surface area contributed by atoms with E-state index in [2.05, 4.69) is 41.9 Å². The molecule has 2 aromatic heterocycles. The summed E-state index contributed by atoms with van der Waals surface area (Å²) >= 11 is 6.70. The smallest absolute Gasteiger partial charge is 0.267 e. The van der Waals surface area contributed by atoms with E-state index < -0.39 is 0 Å². The molecule has 0 saturated heterocycles. The van der Waals surface area contributed by atoms with Crippen LogP contribution in [0.15, 0.2) is 26.3 Å². The van der Waals surface area contributed by atoms with Gasteiger partial charge in [-0.1, -0.05) is 0 Å². The van der Waals surface area contributed by atoms with Crippen molar-refractivity contribution in [2.75, 3.05) is 0 Å². The molecule has 0 bridgehead atoms. The van der Waals surface area contributed by atoms with Crippen LogP contribution in [-0.2, 0) is 13.1 Å². The van der Waals surface area contributed by atoms with Gasteiger partial charge in [-0.3, -0.25) is 14.0 Å². The van der Waals surface area contributed by atoms with Crippen molar-refractivity contribution in [3.05, 3.63) is 43.2 Å². The van der Waals surface area contributed by atoms with Gasteiger partial charge in [-0.25, -0.2) is 4.98 Å². The van der Waals surface area contributed by atoms with Crippen molar-refractivity contribution in [1.29, 1.82) is 0 Å². The highest BCUT2D eigenvalue weighted by atomic mass is 79.9. The first-order valence-corrected chi connectivity index (χ1v) is 7.05. The molecule has 0 saturated carbocycles. The van der Waals surface area contributed by atoms with Gasteiger partial charge in [0, 0.05) is 12.7 Å². The summed E-state index contributed by atoms with van der Waals surface area (Å²) < 4.78 is 4.83. The molecule has 7 heteroatoms. The van der Waals surface area contributed by atoms with Crippen LogP contribution in [0.2, 0.25) is 0 Å². The van der Waals surface area contributed by atoms with E-state index in [4.69, 9.17) is 0 Å². The summed E-state index contributed by atoms with van der Waals surface area (Å²) in [5.74, 6) is 0. The molecule has 0 spiro atoms. The molecule has 0 atom stereocenters. The Hall–Kier alpha value is -0.950. The summed E-state index contributed by atoms with van der Waals surface area (Å²) in [7, 11) is 0. The molecule has 18 heavy (non-hydrogen) atoms. The van der Waals surface area contributed by atoms with Crippen LogP contribution in [0.5, 0.6) is 0 Å². The minimum Gasteiger partial charge on any atom is -0.292 e. The summed E-state index contributed by atoms with van der Waals surface area (Å²) in [5.41, 5.74) is 1.79. The van der Waals surface area contributed by atoms with Crippen LogP contribution < -0.4 is 5.56 Å². The molecule has 0 aliphatic rings. The van der Waals surface area contributed by atoms with Crippen molar-refractivity contribution in [3.8, 4) is 0 Å². The predicted molar refractivity (Wildman–Crippen MR) is 75.6 cm³/mol. The van der Waals surface area contributed by atoms with Gasteiger partial charge < -0.3 is 0 Å². The van der Waals surface area contributed by atoms with E-state index in [0.29, 0.717) is 11.0 Å². The minimum absolute atomic E-state index is 0.0987. The Balaban J connectivity index is 2.46. The van der Waals surface area contributed by atoms with Crippen molar-refractivity contribution in [1.82, 2.24) is 19.3 Å². The van der Waals surface area contributed by atoms with Crippen LogP contribution in [-0.4, -0.2) is 19.3 Å². The number of hydrogen-bond acceptors (Lipinski definition) is 3. The fraction of sp³-hybridized carbons (Fsp3) is 0.364. The molecule has 0 fully saturated rings. The molecule has 0 aromatic carbocycles. The van der Waals surface area contributed by atoms with Gasteiger partial charge in [-0.05, 0) is 45.7 Å². The SMILES string of the molecule is CCn1nc(C)c(Br)c1Cn1cncc(Br)c1=O. The Labute approximate surface area is 121 Å². The van der Waals surface area contributed by atoms with E-state index >= 15 is 0 Å². The Morgan fingerprint density at radius 3 is 2.78 bits per heavy atom. The zero-order valence-electron chi connectivity index (χ0n) is 10.0. The van der Waals surface area contributed by atoms with Crippen LogP contribution in [0.1, 0.15) is 18.3 Å². The molecule has 0 aliphatic carbocycles. The highest BCUT2D eigenvalue weighted by Crippen LogP contribution is 2.21. The summed E-state index contributed by atoms with van der Waals surface area (Å²) in [6, 6.07) is 0. The lowest BCUT2D eigenvalue weighted by Gasteiger charge is -2.08. The highest BCUT2D eigenvalue weighted by Gasteiger charge is 2.13. The van der Waals surface area contributed by atoms with E-state index in [1.54, 1.807) is 4.57 Å². The van der Waals surface area contributed by atoms with Crippen LogP contribution in [0.25, 0.3) is 0 Å². The predicted octanol–water partition coefficient (Wildman–Crippen LogP) is 2.34. The van der Waals surface area contributed by atoms with Gasteiger partial charge in [0.25, 0.3) is 5.56 Å². The quantitative estimate of drug-likeness (QED) is 0.827. The third kappa shape index (κ3) is 2.42. The molecule has 5 nitrogen and oxygen atoms in total. The maximum Gasteiger partial charge on any atom is 0.267 e. The lowest BCUT2D eigenvalue weighted by molar-refractivity contribution is 0.586. The van der Waals surface area contributed by atoms with Crippen molar-refractivity contribution >= 4 is 31.9 Å². The first-order chi connectivity index (χ1) is 8.54. The average Bonchev–Trinajstić information content (AvgIpc) is 2.62. The maximum atomic E-state index is 11.9. The third-order valence-corrected chi connectivity index (χ3v) is 4.21. The van der Waals surface area contributed by atoms with Gasteiger partial charge >= 0.3 is 0 Å². The Morgan fingerprint density at radius 2 is 2.11 bits per heavy atom. The molecule has 0 radical (unpaired) electrons. The molecule has 2 aromatic rings. The minimum atomic E-state index is -0.0987. The van der Waals surface area contributed by atoms with E-state index in [1.165, 1.54) is 12.5 Å². The molecule has 2 rings (SSSR count). The molecular weight excluding hydrogens is 364 g/mol. The topological polar surface area (TPSA) is 52.7 Å². The number of nitrogens with zero attached hydrogens (tertiary/aromatic N) is 4. The second-order valence-electron chi connectivity index (χ2n) is 3.84. The molecule has 96 valence electrons. The first kappa shape index (κ1) is 13.5. The van der Waals surface area contributed by atoms with Gasteiger partial charge in [0.2, 0.25) is 0 Å². The van der Waals surface area contributed by atoms with Crippen LogP contribution in [0, 0.1) is 6.92 Å². The van der Waals surface area contributed by atoms with Gasteiger partial charge in [-0.2, -0.15) is 5.10 Å². The summed E-state index contributed by atoms with van der Waals surface area (Å²) in [5, 5.41) is 4.40. The monoisotopic (exact) mass is 374 g/mol. The zero-order valence-corrected chi connectivity index (χ0v) is 13.2. The van der Waals surface area contributed by atoms with Crippen LogP contribution in [0.4, 0.5) is 0 Å². The molecular formula is C11H12Br2N4O. The molecule has 0 amide bonds. The van der Waals surface area contributed by atoms with Gasteiger partial charge in [0.05, 0.1) is 28.7 Å². The molecule has 2 heterocycles. The van der Waals surface area contributed by atoms with E-state index in [-0.39, 0.29) is 5.56 Å². The Kier molecular flexibility index (Phi) is 4.01. The van der Waals surface area contributed by atoms with Crippen molar-refractivity contribution < 1.29 is 0 Å². The van der Waals surface area contributed by atoms with Crippen molar-refractivity contribution in [3.63, 3.8) is 0 Å². The zero-order chi connectivity index (χ0) is 13.3. The number of aromatic nitrogens is 4. The Bertz CT molecular complexity index is 632. The molecule has 0 N–H and O–H groups in total. The summed E-state index contributed by atoms with van der Waals surface area (Å²) in [4.78, 5) is 15.9.